The van der Waals surface area contributed by atoms with E-state index in [1.54, 1.807) is 0 Å². The van der Waals surface area contributed by atoms with Crippen molar-refractivity contribution in [3.8, 4) is 147 Å². The zero-order chi connectivity index (χ0) is 85.5. The first-order valence-electron chi connectivity index (χ1n) is 42.9. The van der Waals surface area contributed by atoms with Crippen molar-refractivity contribution in [2.24, 2.45) is 0 Å². The maximum atomic E-state index is 6.42. The molecule has 12 heteroatoms. The van der Waals surface area contributed by atoms with E-state index >= 15 is 0 Å². The molecule has 0 aliphatic heterocycles. The molecule has 0 aliphatic rings. The van der Waals surface area contributed by atoms with Crippen molar-refractivity contribution in [1.82, 2.24) is 44.9 Å². The van der Waals surface area contributed by atoms with Crippen LogP contribution in [0.25, 0.3) is 243 Å². The normalized spacial score (nSPS) is 11.4. The summed E-state index contributed by atoms with van der Waals surface area (Å²) in [7, 11) is 0. The number of fused-ring (bicyclic) bond motifs is 14. The highest BCUT2D eigenvalue weighted by Crippen LogP contribution is 2.45. The first-order chi connectivity index (χ1) is 63.9. The largest absolute Gasteiger partial charge is 0.456 e. The van der Waals surface area contributed by atoms with Crippen molar-refractivity contribution < 1.29 is 8.83 Å². The monoisotopic (exact) mass is 1670 g/mol. The van der Waals surface area contributed by atoms with Crippen molar-refractivity contribution in [3.63, 3.8) is 0 Å². The molecule has 25 aromatic rings. The van der Waals surface area contributed by atoms with Gasteiger partial charge in [-0.1, -0.05) is 388 Å². The fraction of sp³-hybridized carbons (Fsp3) is 0. The van der Waals surface area contributed by atoms with Gasteiger partial charge in [0, 0.05) is 103 Å². The molecule has 0 saturated heterocycles. The Morgan fingerprint density at radius 2 is 0.496 bits per heavy atom. The molecular weight excluding hydrogens is 1600 g/mol. The third-order valence-corrected chi connectivity index (χ3v) is 25.0. The molecule has 0 unspecified atom stereocenters. The summed E-state index contributed by atoms with van der Waals surface area (Å²) in [6.45, 7) is 0. The predicted molar refractivity (Wildman–Crippen MR) is 530 cm³/mol. The van der Waals surface area contributed by atoms with Gasteiger partial charge in [-0.2, -0.15) is 0 Å². The minimum Gasteiger partial charge on any atom is -0.456 e. The predicted octanol–water partition coefficient (Wildman–Crippen LogP) is 30.9. The van der Waals surface area contributed by atoms with Gasteiger partial charge < -0.3 is 8.83 Å². The number of rotatable bonds is 13. The second-order valence-corrected chi connectivity index (χ2v) is 32.9. The summed E-state index contributed by atoms with van der Waals surface area (Å²) in [5, 5.41) is 14.2. The summed E-state index contributed by atoms with van der Waals surface area (Å²) in [6.07, 6.45) is 0. The smallest absolute Gasteiger partial charge is 0.164 e. The molecule has 6 heterocycles. The van der Waals surface area contributed by atoms with Crippen molar-refractivity contribution in [2.45, 2.75) is 0 Å². The number of benzene rings is 19. The molecule has 0 radical (unpaired) electrons. The maximum absolute atomic E-state index is 6.42. The summed E-state index contributed by atoms with van der Waals surface area (Å²) >= 11 is 1.87. The van der Waals surface area contributed by atoms with Crippen molar-refractivity contribution in [3.05, 3.63) is 443 Å². The van der Waals surface area contributed by atoms with Crippen LogP contribution in [0.15, 0.2) is 452 Å². The first kappa shape index (κ1) is 76.7. The van der Waals surface area contributed by atoms with E-state index in [1.807, 2.05) is 181 Å². The zero-order valence-electron chi connectivity index (χ0n) is 69.4. The third kappa shape index (κ3) is 15.1. The molecular formula is C117H73N9O2S. The zero-order valence-corrected chi connectivity index (χ0v) is 70.2. The Morgan fingerprint density at radius 1 is 0.163 bits per heavy atom. The van der Waals surface area contributed by atoms with Gasteiger partial charge in [0.05, 0.1) is 0 Å². The number of hydrogen-bond acceptors (Lipinski definition) is 12. The lowest BCUT2D eigenvalue weighted by Crippen LogP contribution is -2.00. The van der Waals surface area contributed by atoms with Gasteiger partial charge >= 0.3 is 0 Å². The molecule has 0 saturated carbocycles. The number of furan rings is 2. The SMILES string of the molecule is c1ccc(-c2ccc(-c3nc(-c4ccccc4)nc(-c4ccc5c(ccc6c7ccccc7oc56)c4)n3)cc2)cc1.c1ccc(-c2nc(-c3ccc(-c4ccc5ccccc5c4)cc3)nc(-c3ccc4c(c3)oc3cccc(-c5ccccc5)c34)n2)cc1.c1ccc(-c2nc(-c3ccccc3)nc(-c3ccc(-c4cccc5ccc6c7ccccc7sc6c45)cc3)n2)cc1. The summed E-state index contributed by atoms with van der Waals surface area (Å²) in [6, 6.07) is 153. The van der Waals surface area contributed by atoms with Crippen LogP contribution in [0.4, 0.5) is 0 Å². The van der Waals surface area contributed by atoms with E-state index < -0.39 is 0 Å². The molecule has 604 valence electrons. The van der Waals surface area contributed by atoms with Gasteiger partial charge in [0.15, 0.2) is 52.4 Å². The number of thiophene rings is 1. The highest BCUT2D eigenvalue weighted by atomic mass is 32.1. The van der Waals surface area contributed by atoms with Crippen LogP contribution in [0, 0.1) is 0 Å². The van der Waals surface area contributed by atoms with Gasteiger partial charge in [-0.3, -0.25) is 0 Å². The van der Waals surface area contributed by atoms with Crippen LogP contribution < -0.4 is 0 Å². The highest BCUT2D eigenvalue weighted by molar-refractivity contribution is 7.26. The van der Waals surface area contributed by atoms with E-state index in [1.165, 1.54) is 64.0 Å². The number of aromatic nitrogens is 9. The molecule has 0 aliphatic carbocycles. The van der Waals surface area contributed by atoms with Crippen LogP contribution in [0.1, 0.15) is 0 Å². The number of hydrogen-bond donors (Lipinski definition) is 0. The minimum absolute atomic E-state index is 0.595. The lowest BCUT2D eigenvalue weighted by Gasteiger charge is -2.11. The Bertz CT molecular complexity index is 8450. The van der Waals surface area contributed by atoms with E-state index in [0.29, 0.717) is 52.4 Å². The topological polar surface area (TPSA) is 142 Å². The summed E-state index contributed by atoms with van der Waals surface area (Å²) in [5.41, 5.74) is 21.2. The molecule has 0 spiro atoms. The van der Waals surface area contributed by atoms with Gasteiger partial charge in [-0.25, -0.2) is 44.9 Å². The van der Waals surface area contributed by atoms with Gasteiger partial charge in [0.25, 0.3) is 0 Å². The van der Waals surface area contributed by atoms with Crippen LogP contribution in [-0.4, -0.2) is 44.9 Å². The quantitative estimate of drug-likeness (QED) is 0.109. The van der Waals surface area contributed by atoms with Crippen LogP contribution in [0.5, 0.6) is 0 Å². The standard InChI is InChI=1S/C43H27N3O.C37H23N3O.C37H23N3S/c1-3-11-30(12-4-1)36-16-9-17-38-40(36)37-25-24-35(27-39(37)47-38)43-45-41(31-13-5-2-6-14-31)44-42(46-43)32-21-18-29(19-22-32)34-23-20-28-10-7-8-15-33(28)26-34;1-3-9-24(10-4-1)25-15-17-27(18-16-25)36-38-35(26-11-5-2-6-12-26)39-37(40-36)29-20-21-30-28(23-29)19-22-32-31-13-7-8-14-33(31)41-34(30)32;1-3-10-26(11-4-1)35-38-36(27-12-5-2-6-13-27)40-37(39-35)28-20-18-24(19-21-28)29-16-9-14-25-22-23-31-30-15-7-8-17-32(30)41-34(31)33(25)29/h1-27H;2*1-23H. The number of nitrogens with zero attached hydrogens (tertiary/aromatic N) is 9. The fourth-order valence-electron chi connectivity index (χ4n) is 17.3. The van der Waals surface area contributed by atoms with Crippen molar-refractivity contribution >= 4 is 108 Å². The van der Waals surface area contributed by atoms with Crippen molar-refractivity contribution in [2.75, 3.05) is 0 Å². The van der Waals surface area contributed by atoms with Crippen LogP contribution >= 0.6 is 11.3 Å². The van der Waals surface area contributed by atoms with Gasteiger partial charge in [-0.05, 0) is 121 Å². The van der Waals surface area contributed by atoms with E-state index in [-0.39, 0.29) is 0 Å². The lowest BCUT2D eigenvalue weighted by molar-refractivity contribution is 0.669. The molecule has 0 bridgehead atoms. The molecule has 0 amide bonds. The summed E-state index contributed by atoms with van der Waals surface area (Å²) in [5.74, 6) is 5.75. The summed E-state index contributed by atoms with van der Waals surface area (Å²) < 4.78 is 15.3. The third-order valence-electron chi connectivity index (χ3n) is 23.8. The Hall–Kier alpha value is -17.2. The summed E-state index contributed by atoms with van der Waals surface area (Å²) in [4.78, 5) is 44.3. The molecule has 0 N–H and O–H groups in total. The maximum Gasteiger partial charge on any atom is 0.164 e. The Labute approximate surface area is 746 Å². The molecule has 0 fully saturated rings. The molecule has 129 heavy (non-hydrogen) atoms. The van der Waals surface area contributed by atoms with Crippen molar-refractivity contribution in [1.29, 1.82) is 0 Å². The second-order valence-electron chi connectivity index (χ2n) is 31.8. The molecule has 19 aromatic carbocycles. The van der Waals surface area contributed by atoms with E-state index in [9.17, 15) is 0 Å². The average Bonchev–Trinajstić information content (AvgIpc) is 1.62. The first-order valence-corrected chi connectivity index (χ1v) is 43.7. The van der Waals surface area contributed by atoms with Gasteiger partial charge in [0.2, 0.25) is 0 Å². The van der Waals surface area contributed by atoms with Gasteiger partial charge in [-0.15, -0.1) is 11.3 Å². The minimum atomic E-state index is 0.595. The van der Waals surface area contributed by atoms with E-state index in [2.05, 4.69) is 273 Å². The Balaban J connectivity index is 0.000000111. The van der Waals surface area contributed by atoms with Gasteiger partial charge in [0.1, 0.15) is 22.3 Å². The second kappa shape index (κ2) is 33.5. The van der Waals surface area contributed by atoms with Crippen LogP contribution in [-0.2, 0) is 0 Å². The van der Waals surface area contributed by atoms with E-state index in [4.69, 9.17) is 53.7 Å². The molecule has 6 aromatic heterocycles. The van der Waals surface area contributed by atoms with Crippen LogP contribution in [0.3, 0.4) is 0 Å². The molecule has 0 atom stereocenters. The fourth-order valence-corrected chi connectivity index (χ4v) is 18.6. The highest BCUT2D eigenvalue weighted by Gasteiger charge is 2.22. The average molecular weight is 1670 g/mol. The van der Waals surface area contributed by atoms with Crippen LogP contribution in [0.2, 0.25) is 0 Å². The molecule has 25 rings (SSSR count). The Kier molecular flexibility index (Phi) is 19.9. The molecule has 11 nitrogen and oxygen atoms in total. The number of para-hydroxylation sites is 1. The van der Waals surface area contributed by atoms with E-state index in [0.717, 1.165) is 127 Å². The Morgan fingerprint density at radius 3 is 1.05 bits per heavy atom. The lowest BCUT2D eigenvalue weighted by atomic mass is 9.96.